The highest BCUT2D eigenvalue weighted by molar-refractivity contribution is 5.82. The first-order valence-electron chi connectivity index (χ1n) is 10.9. The molecule has 1 aliphatic heterocycles. The zero-order valence-electron chi connectivity index (χ0n) is 21.4. The molecule has 1 aliphatic rings. The van der Waals surface area contributed by atoms with Crippen molar-refractivity contribution in [1.82, 2.24) is 0 Å². The van der Waals surface area contributed by atoms with Crippen molar-refractivity contribution in [3.05, 3.63) is 0 Å². The number of esters is 7. The van der Waals surface area contributed by atoms with Crippen LogP contribution in [0.15, 0.2) is 0 Å². The molecule has 0 spiro atoms. The van der Waals surface area contributed by atoms with E-state index >= 15 is 0 Å². The highest BCUT2D eigenvalue weighted by Gasteiger charge is 2.61. The van der Waals surface area contributed by atoms with Crippen LogP contribution in [-0.4, -0.2) is 91.8 Å². The van der Waals surface area contributed by atoms with Crippen molar-refractivity contribution in [3.8, 4) is 0 Å². The first-order chi connectivity index (χ1) is 17.1. The van der Waals surface area contributed by atoms with E-state index in [-0.39, 0.29) is 0 Å². The molecule has 208 valence electrons. The molecule has 1 fully saturated rings. The molecule has 0 bridgehead atoms. The second kappa shape index (κ2) is 13.5. The van der Waals surface area contributed by atoms with Crippen LogP contribution in [-0.2, 0) is 71.5 Å². The number of carbonyl (C=O) groups excluding carboxylic acids is 7. The lowest BCUT2D eigenvalue weighted by Gasteiger charge is -2.47. The Balaban J connectivity index is 3.83. The van der Waals surface area contributed by atoms with Gasteiger partial charge < -0.3 is 37.9 Å². The normalized spacial score (nSPS) is 24.4. The molecular weight excluding hydrogens is 504 g/mol. The summed E-state index contributed by atoms with van der Waals surface area (Å²) in [7, 11) is 0.955. The van der Waals surface area contributed by atoms with Gasteiger partial charge in [0.2, 0.25) is 0 Å². The van der Waals surface area contributed by atoms with Gasteiger partial charge >= 0.3 is 47.6 Å². The van der Waals surface area contributed by atoms with Crippen LogP contribution in [0.4, 0.5) is 0 Å². The standard InChI is InChI=1S/C22H30O15/c1-10(23)31-9-17(33-12(3)25)19(35-14(5)27)20-18(34-13(4)26)16(32-11(2)24)8-22(37-20,21(29)30-7)36-15(6)28/h16-20H,8-9H2,1-7H3/t16-,17+,18+,19+,20+,22-/m0/s1. The Kier molecular flexibility index (Phi) is 11.4. The summed E-state index contributed by atoms with van der Waals surface area (Å²) in [6, 6.07) is 0. The molecule has 1 heterocycles. The number of carbonyl (C=O) groups is 7. The van der Waals surface area contributed by atoms with Crippen LogP contribution in [0.2, 0.25) is 0 Å². The Labute approximate surface area is 211 Å². The van der Waals surface area contributed by atoms with Gasteiger partial charge in [-0.15, -0.1) is 0 Å². The maximum atomic E-state index is 12.8. The van der Waals surface area contributed by atoms with Crippen LogP contribution < -0.4 is 0 Å². The summed E-state index contributed by atoms with van der Waals surface area (Å²) in [5.74, 6) is -9.28. The van der Waals surface area contributed by atoms with E-state index in [4.69, 9.17) is 37.9 Å². The zero-order chi connectivity index (χ0) is 28.5. The van der Waals surface area contributed by atoms with Crippen LogP contribution in [0.3, 0.4) is 0 Å². The van der Waals surface area contributed by atoms with E-state index in [9.17, 15) is 33.6 Å². The van der Waals surface area contributed by atoms with Crippen molar-refractivity contribution in [3.63, 3.8) is 0 Å². The van der Waals surface area contributed by atoms with Crippen molar-refractivity contribution in [2.45, 2.75) is 84.3 Å². The topological polar surface area (TPSA) is 193 Å². The van der Waals surface area contributed by atoms with Gasteiger partial charge in [0.15, 0.2) is 18.3 Å². The Morgan fingerprint density at radius 1 is 0.784 bits per heavy atom. The molecule has 15 heteroatoms. The van der Waals surface area contributed by atoms with Gasteiger partial charge in [-0.05, 0) is 0 Å². The van der Waals surface area contributed by atoms with Gasteiger partial charge in [-0.1, -0.05) is 0 Å². The van der Waals surface area contributed by atoms with Gasteiger partial charge in [-0.2, -0.15) is 0 Å². The van der Waals surface area contributed by atoms with Crippen LogP contribution in [0, 0.1) is 0 Å². The molecule has 0 radical (unpaired) electrons. The molecular formula is C22H30O15. The third-order valence-electron chi connectivity index (χ3n) is 4.67. The molecule has 37 heavy (non-hydrogen) atoms. The first-order valence-corrected chi connectivity index (χ1v) is 10.9. The van der Waals surface area contributed by atoms with Gasteiger partial charge in [0.1, 0.15) is 18.8 Å². The molecule has 0 aromatic heterocycles. The van der Waals surface area contributed by atoms with Crippen molar-refractivity contribution in [1.29, 1.82) is 0 Å². The second-order valence-corrected chi connectivity index (χ2v) is 7.87. The highest BCUT2D eigenvalue weighted by Crippen LogP contribution is 2.38. The van der Waals surface area contributed by atoms with Crippen molar-refractivity contribution < 1.29 is 71.5 Å². The molecule has 0 N–H and O–H groups in total. The Morgan fingerprint density at radius 2 is 1.35 bits per heavy atom. The predicted molar refractivity (Wildman–Crippen MR) is 115 cm³/mol. The van der Waals surface area contributed by atoms with E-state index in [2.05, 4.69) is 0 Å². The van der Waals surface area contributed by atoms with Crippen LogP contribution in [0.1, 0.15) is 48.0 Å². The average molecular weight is 534 g/mol. The second-order valence-electron chi connectivity index (χ2n) is 7.87. The maximum absolute atomic E-state index is 12.8. The summed E-state index contributed by atoms with van der Waals surface area (Å²) in [6.45, 7) is 5.37. The molecule has 15 nitrogen and oxygen atoms in total. The molecule has 0 unspecified atom stereocenters. The minimum Gasteiger partial charge on any atom is -0.464 e. The smallest absolute Gasteiger partial charge is 0.379 e. The maximum Gasteiger partial charge on any atom is 0.379 e. The fraction of sp³-hybridized carbons (Fsp3) is 0.682. The molecule has 1 rings (SSSR count). The Hall–Kier alpha value is -3.75. The predicted octanol–water partition coefficient (Wildman–Crippen LogP) is -0.502. The Bertz CT molecular complexity index is 912. The van der Waals surface area contributed by atoms with Gasteiger partial charge in [-0.3, -0.25) is 28.8 Å². The molecule has 0 saturated carbocycles. The van der Waals surface area contributed by atoms with E-state index < -0.39 is 91.1 Å². The molecule has 0 aliphatic carbocycles. The lowest BCUT2D eigenvalue weighted by molar-refractivity contribution is -0.321. The van der Waals surface area contributed by atoms with E-state index in [0.29, 0.717) is 0 Å². The van der Waals surface area contributed by atoms with Crippen molar-refractivity contribution in [2.24, 2.45) is 0 Å². The monoisotopic (exact) mass is 534 g/mol. The van der Waals surface area contributed by atoms with Gasteiger partial charge in [0.05, 0.1) is 13.5 Å². The van der Waals surface area contributed by atoms with Crippen LogP contribution >= 0.6 is 0 Å². The number of hydrogen-bond acceptors (Lipinski definition) is 15. The summed E-state index contributed by atoms with van der Waals surface area (Å²) < 4.78 is 41.6. The summed E-state index contributed by atoms with van der Waals surface area (Å²) >= 11 is 0. The van der Waals surface area contributed by atoms with Crippen LogP contribution in [0.5, 0.6) is 0 Å². The number of hydrogen-bond donors (Lipinski definition) is 0. The summed E-state index contributed by atoms with van der Waals surface area (Å²) in [5, 5.41) is 0. The Morgan fingerprint density at radius 3 is 1.78 bits per heavy atom. The number of rotatable bonds is 10. The SMILES string of the molecule is COC(=O)[C@]1(OC(C)=O)C[C@H](OC(C)=O)[C@@H](OC(C)=O)[C@H]([C@H](OC(C)=O)[C@@H](COC(C)=O)OC(C)=O)O1. The van der Waals surface area contributed by atoms with E-state index in [1.165, 1.54) is 0 Å². The van der Waals surface area contributed by atoms with E-state index in [1.54, 1.807) is 0 Å². The summed E-state index contributed by atoms with van der Waals surface area (Å²) in [4.78, 5) is 83.9. The van der Waals surface area contributed by atoms with Crippen LogP contribution in [0.25, 0.3) is 0 Å². The first kappa shape index (κ1) is 31.3. The molecule has 1 saturated heterocycles. The minimum atomic E-state index is -2.58. The van der Waals surface area contributed by atoms with E-state index in [1.807, 2.05) is 0 Å². The summed E-state index contributed by atoms with van der Waals surface area (Å²) in [5.41, 5.74) is 0. The zero-order valence-corrected chi connectivity index (χ0v) is 21.4. The lowest BCUT2D eigenvalue weighted by atomic mass is 9.89. The van der Waals surface area contributed by atoms with E-state index in [0.717, 1.165) is 48.7 Å². The lowest BCUT2D eigenvalue weighted by Crippen LogP contribution is -2.66. The summed E-state index contributed by atoms with van der Waals surface area (Å²) in [6.07, 6.45) is -8.97. The molecule has 6 atom stereocenters. The third kappa shape index (κ3) is 9.33. The number of methoxy groups -OCH3 is 1. The number of ether oxygens (including phenoxy) is 8. The molecule has 0 aromatic rings. The third-order valence-corrected chi connectivity index (χ3v) is 4.67. The van der Waals surface area contributed by atoms with Crippen molar-refractivity contribution in [2.75, 3.05) is 13.7 Å². The quantitative estimate of drug-likeness (QED) is 0.257. The largest absolute Gasteiger partial charge is 0.464 e. The highest BCUT2D eigenvalue weighted by atomic mass is 16.8. The van der Waals surface area contributed by atoms with Gasteiger partial charge in [0, 0.05) is 41.5 Å². The van der Waals surface area contributed by atoms with Gasteiger partial charge in [-0.25, -0.2) is 4.79 Å². The fourth-order valence-corrected chi connectivity index (χ4v) is 3.62. The molecule has 0 aromatic carbocycles. The minimum absolute atomic E-state index is 0.670. The van der Waals surface area contributed by atoms with Crippen molar-refractivity contribution >= 4 is 41.8 Å². The van der Waals surface area contributed by atoms with Gasteiger partial charge in [0.25, 0.3) is 0 Å². The molecule has 0 amide bonds. The fourth-order valence-electron chi connectivity index (χ4n) is 3.62. The average Bonchev–Trinajstić information content (AvgIpc) is 2.74.